The molecule has 3 aromatic rings. The minimum atomic E-state index is -0.224. The van der Waals surface area contributed by atoms with E-state index in [1.807, 2.05) is 13.0 Å². The van der Waals surface area contributed by atoms with Gasteiger partial charge in [-0.2, -0.15) is 0 Å². The molecule has 6 heteroatoms. The lowest BCUT2D eigenvalue weighted by Gasteiger charge is -2.13. The van der Waals surface area contributed by atoms with Gasteiger partial charge in [-0.1, -0.05) is 0 Å². The third-order valence-corrected chi connectivity index (χ3v) is 3.71. The van der Waals surface area contributed by atoms with Gasteiger partial charge in [-0.05, 0) is 36.8 Å². The largest absolute Gasteiger partial charge is 0.493 e. The summed E-state index contributed by atoms with van der Waals surface area (Å²) in [6.07, 6.45) is 3.22. The van der Waals surface area contributed by atoms with Gasteiger partial charge in [0, 0.05) is 29.7 Å². The second-order valence-electron chi connectivity index (χ2n) is 5.24. The second kappa shape index (κ2) is 6.54. The van der Waals surface area contributed by atoms with E-state index in [1.54, 1.807) is 50.9 Å². The number of aromatic nitrogens is 2. The zero-order chi connectivity index (χ0) is 17.1. The molecule has 6 nitrogen and oxygen atoms in total. The molecule has 2 aromatic carbocycles. The molecule has 0 aliphatic rings. The first-order chi connectivity index (χ1) is 11.6. The SMILES string of the molecule is COc1cc(C)c(NC(=O)c2ccc3nccnc3c2)cc1OC. The number of benzene rings is 2. The Bertz CT molecular complexity index is 909. The van der Waals surface area contributed by atoms with Crippen LogP contribution in [0.2, 0.25) is 0 Å². The van der Waals surface area contributed by atoms with Crippen LogP contribution in [0.3, 0.4) is 0 Å². The fourth-order valence-electron chi connectivity index (χ4n) is 2.41. The first-order valence-corrected chi connectivity index (χ1v) is 7.37. The van der Waals surface area contributed by atoms with Crippen LogP contribution >= 0.6 is 0 Å². The van der Waals surface area contributed by atoms with E-state index in [1.165, 1.54) is 0 Å². The number of rotatable bonds is 4. The first kappa shape index (κ1) is 15.7. The Labute approximate surface area is 139 Å². The van der Waals surface area contributed by atoms with E-state index in [9.17, 15) is 4.79 Å². The van der Waals surface area contributed by atoms with Gasteiger partial charge in [-0.3, -0.25) is 14.8 Å². The lowest BCUT2D eigenvalue weighted by Crippen LogP contribution is -2.13. The number of ether oxygens (including phenoxy) is 2. The molecule has 1 aromatic heterocycles. The molecule has 24 heavy (non-hydrogen) atoms. The molecule has 0 saturated heterocycles. The van der Waals surface area contributed by atoms with Crippen molar-refractivity contribution >= 4 is 22.6 Å². The highest BCUT2D eigenvalue weighted by atomic mass is 16.5. The van der Waals surface area contributed by atoms with E-state index in [-0.39, 0.29) is 5.91 Å². The highest BCUT2D eigenvalue weighted by Gasteiger charge is 2.13. The van der Waals surface area contributed by atoms with Crippen LogP contribution in [0.5, 0.6) is 11.5 Å². The maximum atomic E-state index is 12.5. The topological polar surface area (TPSA) is 73.3 Å². The number of methoxy groups -OCH3 is 2. The Morgan fingerprint density at radius 2 is 1.62 bits per heavy atom. The Morgan fingerprint density at radius 3 is 2.33 bits per heavy atom. The molecule has 1 amide bonds. The van der Waals surface area contributed by atoms with Gasteiger partial charge >= 0.3 is 0 Å². The maximum Gasteiger partial charge on any atom is 0.255 e. The summed E-state index contributed by atoms with van der Waals surface area (Å²) < 4.78 is 10.5. The van der Waals surface area contributed by atoms with Crippen LogP contribution in [-0.2, 0) is 0 Å². The Kier molecular flexibility index (Phi) is 4.29. The number of amides is 1. The monoisotopic (exact) mass is 323 g/mol. The molecule has 0 aliphatic carbocycles. The fourth-order valence-corrected chi connectivity index (χ4v) is 2.41. The van der Waals surface area contributed by atoms with Crippen molar-refractivity contribution in [1.82, 2.24) is 9.97 Å². The molecule has 0 fully saturated rings. The zero-order valence-electron chi connectivity index (χ0n) is 13.7. The van der Waals surface area contributed by atoms with Crippen LogP contribution in [-0.4, -0.2) is 30.1 Å². The number of hydrogen-bond donors (Lipinski definition) is 1. The maximum absolute atomic E-state index is 12.5. The summed E-state index contributed by atoms with van der Waals surface area (Å²) in [6.45, 7) is 1.89. The molecular weight excluding hydrogens is 306 g/mol. The van der Waals surface area contributed by atoms with Crippen molar-refractivity contribution in [2.75, 3.05) is 19.5 Å². The van der Waals surface area contributed by atoms with Crippen molar-refractivity contribution in [1.29, 1.82) is 0 Å². The summed E-state index contributed by atoms with van der Waals surface area (Å²) in [5.74, 6) is 0.953. The number of anilines is 1. The lowest BCUT2D eigenvalue weighted by molar-refractivity contribution is 0.102. The van der Waals surface area contributed by atoms with E-state index in [4.69, 9.17) is 9.47 Å². The second-order valence-corrected chi connectivity index (χ2v) is 5.24. The van der Waals surface area contributed by atoms with Crippen molar-refractivity contribution in [3.63, 3.8) is 0 Å². The molecule has 0 unspecified atom stereocenters. The minimum Gasteiger partial charge on any atom is -0.493 e. The molecule has 1 heterocycles. The number of hydrogen-bond acceptors (Lipinski definition) is 5. The highest BCUT2D eigenvalue weighted by Crippen LogP contribution is 2.33. The summed E-state index contributed by atoms with van der Waals surface area (Å²) in [5, 5.41) is 2.89. The van der Waals surface area contributed by atoms with Crippen molar-refractivity contribution in [2.45, 2.75) is 6.92 Å². The zero-order valence-corrected chi connectivity index (χ0v) is 13.7. The van der Waals surface area contributed by atoms with Gasteiger partial charge in [0.2, 0.25) is 0 Å². The normalized spacial score (nSPS) is 10.5. The summed E-state index contributed by atoms with van der Waals surface area (Å²) in [4.78, 5) is 20.9. The summed E-state index contributed by atoms with van der Waals surface area (Å²) in [6, 6.07) is 8.78. The molecule has 3 rings (SSSR count). The predicted molar refractivity (Wildman–Crippen MR) is 91.8 cm³/mol. The number of fused-ring (bicyclic) bond motifs is 1. The lowest BCUT2D eigenvalue weighted by atomic mass is 10.1. The number of nitrogens with zero attached hydrogens (tertiary/aromatic N) is 2. The average molecular weight is 323 g/mol. The number of carbonyl (C=O) groups excluding carboxylic acids is 1. The third kappa shape index (κ3) is 2.99. The van der Waals surface area contributed by atoms with Gasteiger partial charge < -0.3 is 14.8 Å². The van der Waals surface area contributed by atoms with Crippen LogP contribution in [0.4, 0.5) is 5.69 Å². The molecule has 0 aliphatic heterocycles. The molecule has 122 valence electrons. The van der Waals surface area contributed by atoms with Crippen molar-refractivity contribution in [3.05, 3.63) is 53.9 Å². The average Bonchev–Trinajstić information content (AvgIpc) is 2.62. The number of nitrogens with one attached hydrogen (secondary N) is 1. The molecule has 1 N–H and O–H groups in total. The van der Waals surface area contributed by atoms with Gasteiger partial charge in [-0.25, -0.2) is 0 Å². The Balaban J connectivity index is 1.90. The number of aryl methyl sites for hydroxylation is 1. The van der Waals surface area contributed by atoms with Gasteiger partial charge in [0.05, 0.1) is 25.3 Å². The van der Waals surface area contributed by atoms with Crippen LogP contribution in [0.25, 0.3) is 11.0 Å². The van der Waals surface area contributed by atoms with Crippen molar-refractivity contribution in [2.24, 2.45) is 0 Å². The van der Waals surface area contributed by atoms with Gasteiger partial charge in [0.15, 0.2) is 11.5 Å². The molecule has 0 saturated carbocycles. The van der Waals surface area contributed by atoms with E-state index in [0.29, 0.717) is 28.3 Å². The predicted octanol–water partition coefficient (Wildman–Crippen LogP) is 3.21. The summed E-state index contributed by atoms with van der Waals surface area (Å²) in [5.41, 5.74) is 3.47. The van der Waals surface area contributed by atoms with E-state index >= 15 is 0 Å². The Hall–Kier alpha value is -3.15. The summed E-state index contributed by atoms with van der Waals surface area (Å²) in [7, 11) is 3.13. The van der Waals surface area contributed by atoms with Crippen molar-refractivity contribution in [3.8, 4) is 11.5 Å². The molecule has 0 atom stereocenters. The molecular formula is C18H17N3O3. The van der Waals surface area contributed by atoms with E-state index < -0.39 is 0 Å². The van der Waals surface area contributed by atoms with Crippen LogP contribution in [0.15, 0.2) is 42.7 Å². The molecule has 0 radical (unpaired) electrons. The van der Waals surface area contributed by atoms with E-state index in [2.05, 4.69) is 15.3 Å². The standard InChI is InChI=1S/C18H17N3O3/c1-11-8-16(23-2)17(24-3)10-14(11)21-18(22)12-4-5-13-15(9-12)20-7-6-19-13/h4-10H,1-3H3,(H,21,22). The third-order valence-electron chi connectivity index (χ3n) is 3.71. The highest BCUT2D eigenvalue weighted by molar-refractivity contribution is 6.06. The smallest absolute Gasteiger partial charge is 0.255 e. The summed E-state index contributed by atoms with van der Waals surface area (Å²) >= 11 is 0. The van der Waals surface area contributed by atoms with Crippen LogP contribution in [0, 0.1) is 6.92 Å². The number of carbonyl (C=O) groups is 1. The first-order valence-electron chi connectivity index (χ1n) is 7.37. The van der Waals surface area contributed by atoms with Gasteiger partial charge in [-0.15, -0.1) is 0 Å². The Morgan fingerprint density at radius 1 is 0.958 bits per heavy atom. The van der Waals surface area contributed by atoms with Crippen LogP contribution in [0.1, 0.15) is 15.9 Å². The van der Waals surface area contributed by atoms with Crippen LogP contribution < -0.4 is 14.8 Å². The molecule has 0 spiro atoms. The quantitative estimate of drug-likeness (QED) is 0.798. The minimum absolute atomic E-state index is 0.224. The van der Waals surface area contributed by atoms with Crippen molar-refractivity contribution < 1.29 is 14.3 Å². The van der Waals surface area contributed by atoms with Gasteiger partial charge in [0.1, 0.15) is 0 Å². The van der Waals surface area contributed by atoms with E-state index in [0.717, 1.165) is 11.1 Å². The fraction of sp³-hybridized carbons (Fsp3) is 0.167. The molecule has 0 bridgehead atoms. The van der Waals surface area contributed by atoms with Gasteiger partial charge in [0.25, 0.3) is 5.91 Å².